The fourth-order valence-corrected chi connectivity index (χ4v) is 3.22. The number of nitrogens with one attached hydrogen (secondary N) is 2. The summed E-state index contributed by atoms with van der Waals surface area (Å²) in [5, 5.41) is 15.4. The summed E-state index contributed by atoms with van der Waals surface area (Å²) >= 11 is 0. The van der Waals surface area contributed by atoms with Gasteiger partial charge in [-0.05, 0) is 31.9 Å². The topological polar surface area (TPSA) is 70.4 Å². The number of hydrogen-bond acceptors (Lipinski definition) is 4. The lowest BCUT2D eigenvalue weighted by Gasteiger charge is -2.20. The first kappa shape index (κ1) is 22.4. The van der Waals surface area contributed by atoms with Crippen molar-refractivity contribution in [2.24, 2.45) is 12.0 Å². The van der Waals surface area contributed by atoms with Gasteiger partial charge >= 0.3 is 0 Å². The van der Waals surface area contributed by atoms with Crippen LogP contribution in [0, 0.1) is 6.92 Å². The molecule has 0 radical (unpaired) electrons. The second kappa shape index (κ2) is 11.2. The van der Waals surface area contributed by atoms with Crippen LogP contribution in [0.2, 0.25) is 0 Å². The summed E-state index contributed by atoms with van der Waals surface area (Å²) in [6.45, 7) is 7.65. The number of aliphatic imine (C=N–C) groups is 1. The van der Waals surface area contributed by atoms with Gasteiger partial charge in [0.1, 0.15) is 12.4 Å². The number of rotatable bonds is 7. The van der Waals surface area contributed by atoms with Gasteiger partial charge in [-0.2, -0.15) is 0 Å². The Morgan fingerprint density at radius 1 is 1.25 bits per heavy atom. The number of halogens is 1. The fraction of sp³-hybridized carbons (Fsp3) is 0.550. The van der Waals surface area contributed by atoms with Gasteiger partial charge in [-0.3, -0.25) is 0 Å². The number of guanidine groups is 1. The SMILES string of the molecule is CCCCNC(=NCc1nnc(C)n1C)NC1CCN(c2ccccc2)C1.I. The number of para-hydroxylation sites is 1. The third-order valence-corrected chi connectivity index (χ3v) is 5.03. The third-order valence-electron chi connectivity index (χ3n) is 5.03. The van der Waals surface area contributed by atoms with Crippen molar-refractivity contribution in [3.63, 3.8) is 0 Å². The number of anilines is 1. The van der Waals surface area contributed by atoms with E-state index in [4.69, 9.17) is 4.99 Å². The molecule has 1 atom stereocenters. The summed E-state index contributed by atoms with van der Waals surface area (Å²) in [5.74, 6) is 2.65. The van der Waals surface area contributed by atoms with E-state index in [0.29, 0.717) is 12.6 Å². The van der Waals surface area contributed by atoms with Crippen molar-refractivity contribution >= 4 is 35.6 Å². The third kappa shape index (κ3) is 6.08. The maximum Gasteiger partial charge on any atom is 0.191 e. The predicted octanol–water partition coefficient (Wildman–Crippen LogP) is 2.86. The molecule has 1 aromatic carbocycles. The molecule has 8 heteroatoms. The van der Waals surface area contributed by atoms with Crippen molar-refractivity contribution in [2.45, 2.75) is 45.7 Å². The first-order valence-electron chi connectivity index (χ1n) is 9.87. The Labute approximate surface area is 185 Å². The van der Waals surface area contributed by atoms with Gasteiger partial charge in [0.2, 0.25) is 0 Å². The molecule has 1 aliphatic heterocycles. The Kier molecular flexibility index (Phi) is 9.01. The summed E-state index contributed by atoms with van der Waals surface area (Å²) < 4.78 is 1.99. The van der Waals surface area contributed by atoms with Crippen LogP contribution in [0.15, 0.2) is 35.3 Å². The molecular formula is C20H32IN7. The number of unbranched alkanes of at least 4 members (excludes halogenated alkanes) is 1. The van der Waals surface area contributed by atoms with Gasteiger partial charge in [0.25, 0.3) is 0 Å². The van der Waals surface area contributed by atoms with E-state index in [1.807, 2.05) is 18.5 Å². The standard InChI is InChI=1S/C20H31N7.HI/c1-4-5-12-21-20(22-14-19-25-24-16(2)26(19)3)23-17-11-13-27(15-17)18-9-7-6-8-10-18;/h6-10,17H,4-5,11-15H2,1-3H3,(H2,21,22,23);1H. The molecule has 1 fully saturated rings. The van der Waals surface area contributed by atoms with E-state index in [-0.39, 0.29) is 24.0 Å². The zero-order valence-electron chi connectivity index (χ0n) is 17.1. The lowest BCUT2D eigenvalue weighted by atomic mass is 10.2. The highest BCUT2D eigenvalue weighted by molar-refractivity contribution is 14.0. The predicted molar refractivity (Wildman–Crippen MR) is 125 cm³/mol. The second-order valence-corrected chi connectivity index (χ2v) is 7.08. The van der Waals surface area contributed by atoms with Gasteiger partial charge in [0.05, 0.1) is 0 Å². The number of hydrogen-bond donors (Lipinski definition) is 2. The molecule has 7 nitrogen and oxygen atoms in total. The van der Waals surface area contributed by atoms with Crippen LogP contribution in [0.3, 0.4) is 0 Å². The molecule has 2 heterocycles. The van der Waals surface area contributed by atoms with Gasteiger partial charge < -0.3 is 20.1 Å². The summed E-state index contributed by atoms with van der Waals surface area (Å²) in [4.78, 5) is 7.18. The Morgan fingerprint density at radius 3 is 2.71 bits per heavy atom. The highest BCUT2D eigenvalue weighted by atomic mass is 127. The van der Waals surface area contributed by atoms with Crippen LogP contribution >= 0.6 is 24.0 Å². The fourth-order valence-electron chi connectivity index (χ4n) is 3.22. The Morgan fingerprint density at radius 2 is 2.04 bits per heavy atom. The zero-order chi connectivity index (χ0) is 19.1. The highest BCUT2D eigenvalue weighted by Crippen LogP contribution is 2.19. The number of aryl methyl sites for hydroxylation is 1. The lowest BCUT2D eigenvalue weighted by Crippen LogP contribution is -2.45. The largest absolute Gasteiger partial charge is 0.369 e. The van der Waals surface area contributed by atoms with Gasteiger partial charge in [-0.1, -0.05) is 31.5 Å². The van der Waals surface area contributed by atoms with Crippen molar-refractivity contribution < 1.29 is 0 Å². The monoisotopic (exact) mass is 497 g/mol. The van der Waals surface area contributed by atoms with Crippen LogP contribution in [0.1, 0.15) is 37.8 Å². The second-order valence-electron chi connectivity index (χ2n) is 7.08. The first-order valence-corrected chi connectivity index (χ1v) is 9.87. The molecule has 0 amide bonds. The molecule has 1 saturated heterocycles. The van der Waals surface area contributed by atoms with Crippen LogP contribution in [0.25, 0.3) is 0 Å². The Bertz CT molecular complexity index is 744. The van der Waals surface area contributed by atoms with Gasteiger partial charge in [-0.15, -0.1) is 34.2 Å². The van der Waals surface area contributed by atoms with E-state index >= 15 is 0 Å². The Hall–Kier alpha value is -1.84. The summed E-state index contributed by atoms with van der Waals surface area (Å²) in [6, 6.07) is 11.0. The molecule has 3 rings (SSSR count). The quantitative estimate of drug-likeness (QED) is 0.267. The average molecular weight is 497 g/mol. The van der Waals surface area contributed by atoms with E-state index in [9.17, 15) is 0 Å². The van der Waals surface area contributed by atoms with Crippen LogP contribution in [0.5, 0.6) is 0 Å². The molecular weight excluding hydrogens is 465 g/mol. The maximum absolute atomic E-state index is 4.75. The molecule has 2 N–H and O–H groups in total. The van der Waals surface area contributed by atoms with Crippen LogP contribution in [0.4, 0.5) is 5.69 Å². The molecule has 1 aromatic heterocycles. The van der Waals surface area contributed by atoms with E-state index in [1.165, 1.54) is 5.69 Å². The molecule has 0 saturated carbocycles. The number of benzene rings is 1. The van der Waals surface area contributed by atoms with E-state index in [0.717, 1.165) is 56.5 Å². The van der Waals surface area contributed by atoms with Gasteiger partial charge in [-0.25, -0.2) is 4.99 Å². The van der Waals surface area contributed by atoms with Crippen LogP contribution in [-0.2, 0) is 13.6 Å². The highest BCUT2D eigenvalue weighted by Gasteiger charge is 2.23. The zero-order valence-corrected chi connectivity index (χ0v) is 19.4. The smallest absolute Gasteiger partial charge is 0.191 e. The maximum atomic E-state index is 4.75. The van der Waals surface area contributed by atoms with Crippen molar-refractivity contribution in [3.05, 3.63) is 42.0 Å². The van der Waals surface area contributed by atoms with Crippen LogP contribution in [-0.4, -0.2) is 46.4 Å². The van der Waals surface area contributed by atoms with Gasteiger partial charge in [0, 0.05) is 38.4 Å². The minimum Gasteiger partial charge on any atom is -0.369 e. The lowest BCUT2D eigenvalue weighted by molar-refractivity contribution is 0.636. The summed E-state index contributed by atoms with van der Waals surface area (Å²) in [5.41, 5.74) is 1.29. The van der Waals surface area contributed by atoms with Crippen molar-refractivity contribution in [1.29, 1.82) is 0 Å². The summed E-state index contributed by atoms with van der Waals surface area (Å²) in [6.07, 6.45) is 3.39. The molecule has 0 bridgehead atoms. The normalized spacial score (nSPS) is 16.8. The molecule has 1 unspecified atom stereocenters. The average Bonchev–Trinajstić information content (AvgIpc) is 3.28. The summed E-state index contributed by atoms with van der Waals surface area (Å²) in [7, 11) is 1.98. The van der Waals surface area contributed by atoms with Crippen LogP contribution < -0.4 is 15.5 Å². The van der Waals surface area contributed by atoms with E-state index in [1.54, 1.807) is 0 Å². The molecule has 0 aliphatic carbocycles. The van der Waals surface area contributed by atoms with E-state index in [2.05, 4.69) is 63.0 Å². The first-order chi connectivity index (χ1) is 13.2. The van der Waals surface area contributed by atoms with Gasteiger partial charge in [0.15, 0.2) is 11.8 Å². The molecule has 0 spiro atoms. The molecule has 28 heavy (non-hydrogen) atoms. The number of aromatic nitrogens is 3. The molecule has 154 valence electrons. The minimum absolute atomic E-state index is 0. The molecule has 1 aliphatic rings. The molecule has 2 aromatic rings. The van der Waals surface area contributed by atoms with Crippen molar-refractivity contribution in [1.82, 2.24) is 25.4 Å². The van der Waals surface area contributed by atoms with Crippen molar-refractivity contribution in [2.75, 3.05) is 24.5 Å². The number of nitrogens with zero attached hydrogens (tertiary/aromatic N) is 5. The Balaban J connectivity index is 0.00000280. The minimum atomic E-state index is 0. The van der Waals surface area contributed by atoms with Crippen molar-refractivity contribution in [3.8, 4) is 0 Å². The van der Waals surface area contributed by atoms with E-state index < -0.39 is 0 Å².